The summed E-state index contributed by atoms with van der Waals surface area (Å²) < 4.78 is 5.22. The van der Waals surface area contributed by atoms with Crippen LogP contribution in [0.2, 0.25) is 0 Å². The molecule has 6 N–H and O–H groups in total. The molecule has 0 bridgehead atoms. The Balaban J connectivity index is 2.13. The number of carbonyl (C=O) groups excluding carboxylic acids is 2. The number of fused-ring (bicyclic) bond motifs is 1. The molecule has 0 saturated carbocycles. The first-order valence-electron chi connectivity index (χ1n) is 5.44. The van der Waals surface area contributed by atoms with Crippen molar-refractivity contribution >= 4 is 28.9 Å². The predicted molar refractivity (Wildman–Crippen MR) is 67.3 cm³/mol. The number of amides is 2. The molecule has 18 heavy (non-hydrogen) atoms. The van der Waals surface area contributed by atoms with Crippen LogP contribution < -0.4 is 26.8 Å². The van der Waals surface area contributed by atoms with E-state index in [0.717, 1.165) is 0 Å². The number of ether oxygens (including phenoxy) is 1. The second-order valence-electron chi connectivity index (χ2n) is 3.92. The van der Waals surface area contributed by atoms with Crippen LogP contribution in [-0.2, 0) is 9.59 Å². The summed E-state index contributed by atoms with van der Waals surface area (Å²) in [5, 5.41) is 5.65. The van der Waals surface area contributed by atoms with Crippen LogP contribution in [-0.4, -0.2) is 25.0 Å². The molecule has 0 aliphatic carbocycles. The molecule has 1 aromatic carbocycles. The maximum absolute atomic E-state index is 11.2. The molecule has 1 heterocycles. The summed E-state index contributed by atoms with van der Waals surface area (Å²) in [6, 6.07) is 3.30. The Morgan fingerprint density at radius 3 is 3.00 bits per heavy atom. The number of anilines is 3. The van der Waals surface area contributed by atoms with Crippen LogP contribution in [0.1, 0.15) is 6.42 Å². The number of carbonyl (C=O) groups is 2. The zero-order chi connectivity index (χ0) is 13.1. The molecule has 0 unspecified atom stereocenters. The predicted octanol–water partition coefficient (Wildman–Crippen LogP) is -0.113. The normalized spacial score (nSPS) is 13.2. The van der Waals surface area contributed by atoms with Crippen LogP contribution in [0, 0.1) is 0 Å². The SMILES string of the molecule is NC(=O)CCNc1cc2c(cc1N)OCC(=O)N2. The fraction of sp³-hybridized carbons (Fsp3) is 0.273. The summed E-state index contributed by atoms with van der Waals surface area (Å²) >= 11 is 0. The molecule has 0 aromatic heterocycles. The lowest BCUT2D eigenvalue weighted by atomic mass is 10.2. The maximum atomic E-state index is 11.2. The average Bonchev–Trinajstić information content (AvgIpc) is 2.30. The smallest absolute Gasteiger partial charge is 0.262 e. The van der Waals surface area contributed by atoms with E-state index >= 15 is 0 Å². The quantitative estimate of drug-likeness (QED) is 0.556. The van der Waals surface area contributed by atoms with Gasteiger partial charge in [0, 0.05) is 19.0 Å². The lowest BCUT2D eigenvalue weighted by Crippen LogP contribution is -2.25. The minimum Gasteiger partial charge on any atom is -0.482 e. The van der Waals surface area contributed by atoms with E-state index < -0.39 is 5.91 Å². The van der Waals surface area contributed by atoms with E-state index in [1.54, 1.807) is 12.1 Å². The van der Waals surface area contributed by atoms with Crippen LogP contribution >= 0.6 is 0 Å². The van der Waals surface area contributed by atoms with Gasteiger partial charge in [-0.2, -0.15) is 0 Å². The van der Waals surface area contributed by atoms with Crippen molar-refractivity contribution in [2.75, 3.05) is 29.5 Å². The van der Waals surface area contributed by atoms with Crippen LogP contribution in [0.3, 0.4) is 0 Å². The highest BCUT2D eigenvalue weighted by Crippen LogP contribution is 2.34. The Morgan fingerprint density at radius 2 is 2.28 bits per heavy atom. The minimum absolute atomic E-state index is 0.0130. The number of nitrogens with one attached hydrogen (secondary N) is 2. The summed E-state index contributed by atoms with van der Waals surface area (Å²) in [4.78, 5) is 21.8. The summed E-state index contributed by atoms with van der Waals surface area (Å²) in [7, 11) is 0. The van der Waals surface area contributed by atoms with Gasteiger partial charge in [-0.25, -0.2) is 0 Å². The Labute approximate surface area is 103 Å². The van der Waals surface area contributed by atoms with Gasteiger partial charge in [0.1, 0.15) is 5.75 Å². The molecule has 7 nitrogen and oxygen atoms in total. The monoisotopic (exact) mass is 250 g/mol. The first-order chi connectivity index (χ1) is 8.56. The molecule has 0 fully saturated rings. The fourth-order valence-corrected chi connectivity index (χ4v) is 1.62. The van der Waals surface area contributed by atoms with E-state index in [-0.39, 0.29) is 18.9 Å². The van der Waals surface area contributed by atoms with Crippen LogP contribution in [0.25, 0.3) is 0 Å². The number of rotatable bonds is 4. The summed E-state index contributed by atoms with van der Waals surface area (Å²) in [6.07, 6.45) is 0.208. The van der Waals surface area contributed by atoms with Crippen molar-refractivity contribution in [3.8, 4) is 5.75 Å². The summed E-state index contributed by atoms with van der Waals surface area (Å²) in [5.74, 6) is -0.0708. The van der Waals surface area contributed by atoms with Crippen molar-refractivity contribution in [2.24, 2.45) is 5.73 Å². The van der Waals surface area contributed by atoms with Crippen molar-refractivity contribution in [1.29, 1.82) is 0 Å². The third kappa shape index (κ3) is 2.62. The molecule has 2 amide bonds. The number of benzene rings is 1. The van der Waals surface area contributed by atoms with Gasteiger partial charge in [-0.15, -0.1) is 0 Å². The second-order valence-corrected chi connectivity index (χ2v) is 3.92. The minimum atomic E-state index is -0.393. The molecule has 96 valence electrons. The van der Waals surface area contributed by atoms with Crippen LogP contribution in [0.4, 0.5) is 17.1 Å². The molecular formula is C11H14N4O3. The molecule has 0 radical (unpaired) electrons. The Bertz CT molecular complexity index is 501. The zero-order valence-corrected chi connectivity index (χ0v) is 9.66. The molecule has 1 aliphatic heterocycles. The Morgan fingerprint density at radius 1 is 1.50 bits per heavy atom. The lowest BCUT2D eigenvalue weighted by Gasteiger charge is -2.20. The van der Waals surface area contributed by atoms with Crippen molar-refractivity contribution in [3.63, 3.8) is 0 Å². The van der Waals surface area contributed by atoms with Gasteiger partial charge in [0.2, 0.25) is 5.91 Å². The Kier molecular flexibility index (Phi) is 3.22. The van der Waals surface area contributed by atoms with Crippen LogP contribution in [0.15, 0.2) is 12.1 Å². The molecule has 0 saturated heterocycles. The van der Waals surface area contributed by atoms with E-state index in [1.165, 1.54) is 0 Å². The number of nitrogens with two attached hydrogens (primary N) is 2. The molecule has 7 heteroatoms. The number of hydrogen-bond acceptors (Lipinski definition) is 5. The Hall–Kier alpha value is -2.44. The molecule has 1 aliphatic rings. The van der Waals surface area contributed by atoms with Gasteiger partial charge in [-0.1, -0.05) is 0 Å². The van der Waals surface area contributed by atoms with Crippen molar-refractivity contribution in [3.05, 3.63) is 12.1 Å². The maximum Gasteiger partial charge on any atom is 0.262 e. The van der Waals surface area contributed by atoms with Gasteiger partial charge >= 0.3 is 0 Å². The van der Waals surface area contributed by atoms with Gasteiger partial charge in [-0.3, -0.25) is 9.59 Å². The first-order valence-corrected chi connectivity index (χ1v) is 5.44. The average molecular weight is 250 g/mol. The second kappa shape index (κ2) is 4.82. The number of nitrogen functional groups attached to an aromatic ring is 1. The largest absolute Gasteiger partial charge is 0.482 e. The van der Waals surface area contributed by atoms with Gasteiger partial charge < -0.3 is 26.8 Å². The van der Waals surface area contributed by atoms with E-state index in [4.69, 9.17) is 16.2 Å². The summed E-state index contributed by atoms with van der Waals surface area (Å²) in [6.45, 7) is 0.369. The zero-order valence-electron chi connectivity index (χ0n) is 9.66. The third-order valence-corrected chi connectivity index (χ3v) is 2.47. The van der Waals surface area contributed by atoms with Gasteiger partial charge in [0.15, 0.2) is 6.61 Å². The highest BCUT2D eigenvalue weighted by atomic mass is 16.5. The van der Waals surface area contributed by atoms with Gasteiger partial charge in [0.05, 0.1) is 17.1 Å². The van der Waals surface area contributed by atoms with E-state index in [9.17, 15) is 9.59 Å². The molecule has 0 spiro atoms. The van der Waals surface area contributed by atoms with Crippen molar-refractivity contribution in [1.82, 2.24) is 0 Å². The summed E-state index contributed by atoms with van der Waals surface area (Å²) in [5.41, 5.74) is 12.5. The molecule has 2 rings (SSSR count). The lowest BCUT2D eigenvalue weighted by molar-refractivity contribution is -0.119. The van der Waals surface area contributed by atoms with Crippen molar-refractivity contribution < 1.29 is 14.3 Å². The standard InChI is InChI=1S/C11H14N4O3/c12-6-3-9-8(15-11(17)5-18-9)4-7(6)14-2-1-10(13)16/h3-4,14H,1-2,5,12H2,(H2,13,16)(H,15,17). The van der Waals surface area contributed by atoms with E-state index in [2.05, 4.69) is 10.6 Å². The fourth-order valence-electron chi connectivity index (χ4n) is 1.62. The van der Waals surface area contributed by atoms with Gasteiger partial charge in [0.25, 0.3) is 5.91 Å². The van der Waals surface area contributed by atoms with Crippen LogP contribution in [0.5, 0.6) is 5.75 Å². The number of primary amides is 1. The highest BCUT2D eigenvalue weighted by molar-refractivity contribution is 5.97. The molecule has 0 atom stereocenters. The van der Waals surface area contributed by atoms with E-state index in [1.807, 2.05) is 0 Å². The van der Waals surface area contributed by atoms with Crippen molar-refractivity contribution in [2.45, 2.75) is 6.42 Å². The molecule has 1 aromatic rings. The van der Waals surface area contributed by atoms with Gasteiger partial charge in [-0.05, 0) is 6.07 Å². The number of hydrogen-bond donors (Lipinski definition) is 4. The first kappa shape index (κ1) is 12.0. The van der Waals surface area contributed by atoms with E-state index in [0.29, 0.717) is 29.4 Å². The molecular weight excluding hydrogens is 236 g/mol. The highest BCUT2D eigenvalue weighted by Gasteiger charge is 2.17. The topological polar surface area (TPSA) is 119 Å². The third-order valence-electron chi connectivity index (χ3n) is 2.47.